The molecule has 2 N–H and O–H groups in total. The van der Waals surface area contributed by atoms with Gasteiger partial charge in [-0.3, -0.25) is 14.3 Å². The molecule has 0 aliphatic carbocycles. The Hall–Kier alpha value is -2.18. The van der Waals surface area contributed by atoms with Crippen LogP contribution in [0.15, 0.2) is 39.3 Å². The number of fused-ring (bicyclic) bond motifs is 1. The lowest BCUT2D eigenvalue weighted by molar-refractivity contribution is 0.144. The minimum Gasteiger partial charge on any atom is -0.304 e. The second-order valence-electron chi connectivity index (χ2n) is 7.03. The zero-order valence-corrected chi connectivity index (χ0v) is 17.3. The number of hydrogen-bond acceptors (Lipinski definition) is 7. The van der Waals surface area contributed by atoms with E-state index < -0.39 is 21.4 Å². The number of sulfonamides is 1. The second-order valence-corrected chi connectivity index (χ2v) is 9.85. The summed E-state index contributed by atoms with van der Waals surface area (Å²) >= 11 is 0.845. The lowest BCUT2D eigenvalue weighted by atomic mass is 10.2. The SMILES string of the molecule is CN1CCN(Cc2nc3sc(S(N)(=O)=O)cc3c(=O)n2-c2ccccc2F)CC1. The van der Waals surface area contributed by atoms with Gasteiger partial charge in [-0.15, -0.1) is 11.3 Å². The van der Waals surface area contributed by atoms with E-state index in [2.05, 4.69) is 14.8 Å². The van der Waals surface area contributed by atoms with E-state index in [1.165, 1.54) is 22.8 Å². The summed E-state index contributed by atoms with van der Waals surface area (Å²) in [6.45, 7) is 3.67. The van der Waals surface area contributed by atoms with Crippen LogP contribution in [0.1, 0.15) is 5.82 Å². The number of primary sulfonamides is 1. The minimum absolute atomic E-state index is 0.0828. The van der Waals surface area contributed by atoms with Crippen LogP contribution in [0.2, 0.25) is 0 Å². The van der Waals surface area contributed by atoms with E-state index in [0.717, 1.165) is 37.5 Å². The molecule has 29 heavy (non-hydrogen) atoms. The zero-order chi connectivity index (χ0) is 20.8. The minimum atomic E-state index is -3.97. The molecule has 0 spiro atoms. The molecule has 1 aliphatic heterocycles. The fourth-order valence-electron chi connectivity index (χ4n) is 3.33. The number of nitrogens with zero attached hydrogens (tertiary/aromatic N) is 4. The van der Waals surface area contributed by atoms with E-state index in [1.54, 1.807) is 12.1 Å². The molecule has 0 radical (unpaired) electrons. The van der Waals surface area contributed by atoms with Crippen LogP contribution in [0.3, 0.4) is 0 Å². The van der Waals surface area contributed by atoms with Crippen molar-refractivity contribution in [2.24, 2.45) is 5.14 Å². The van der Waals surface area contributed by atoms with Gasteiger partial charge in [0.05, 0.1) is 17.6 Å². The first-order chi connectivity index (χ1) is 13.7. The molecule has 0 unspecified atom stereocenters. The number of hydrogen-bond donors (Lipinski definition) is 1. The predicted molar refractivity (Wildman–Crippen MR) is 109 cm³/mol. The van der Waals surface area contributed by atoms with Crippen molar-refractivity contribution in [3.63, 3.8) is 0 Å². The number of piperazine rings is 1. The Bertz CT molecular complexity index is 1230. The summed E-state index contributed by atoms with van der Waals surface area (Å²) in [6, 6.07) is 7.17. The van der Waals surface area contributed by atoms with Crippen LogP contribution in [-0.4, -0.2) is 61.0 Å². The van der Waals surface area contributed by atoms with Gasteiger partial charge in [-0.25, -0.2) is 22.9 Å². The highest BCUT2D eigenvalue weighted by Gasteiger charge is 2.23. The lowest BCUT2D eigenvalue weighted by Crippen LogP contribution is -2.44. The van der Waals surface area contributed by atoms with Crippen LogP contribution >= 0.6 is 11.3 Å². The summed E-state index contributed by atoms with van der Waals surface area (Å²) in [6.07, 6.45) is 0. The van der Waals surface area contributed by atoms with Crippen LogP contribution in [0, 0.1) is 5.82 Å². The van der Waals surface area contributed by atoms with Gasteiger partial charge in [0, 0.05) is 26.2 Å². The van der Waals surface area contributed by atoms with Gasteiger partial charge in [-0.2, -0.15) is 0 Å². The normalized spacial score (nSPS) is 16.5. The van der Waals surface area contributed by atoms with E-state index in [9.17, 15) is 17.6 Å². The Kier molecular flexibility index (Phi) is 5.25. The number of rotatable bonds is 4. The van der Waals surface area contributed by atoms with Gasteiger partial charge in [0.1, 0.15) is 20.7 Å². The van der Waals surface area contributed by atoms with E-state index in [4.69, 9.17) is 5.14 Å². The quantitative estimate of drug-likeness (QED) is 0.653. The van der Waals surface area contributed by atoms with Crippen LogP contribution in [0.5, 0.6) is 0 Å². The second kappa shape index (κ2) is 7.58. The van der Waals surface area contributed by atoms with Crippen molar-refractivity contribution in [3.05, 3.63) is 52.3 Å². The average Bonchev–Trinajstić information content (AvgIpc) is 3.10. The van der Waals surface area contributed by atoms with Crippen molar-refractivity contribution in [2.75, 3.05) is 33.2 Å². The van der Waals surface area contributed by atoms with Gasteiger partial charge in [-0.05, 0) is 25.2 Å². The molecule has 3 heterocycles. The molecule has 2 aromatic heterocycles. The smallest absolute Gasteiger partial charge is 0.267 e. The number of nitrogens with two attached hydrogens (primary N) is 1. The van der Waals surface area contributed by atoms with Crippen molar-refractivity contribution in [1.82, 2.24) is 19.4 Å². The number of likely N-dealkylation sites (N-methyl/N-ethyl adjacent to an activating group) is 1. The van der Waals surface area contributed by atoms with Crippen molar-refractivity contribution < 1.29 is 12.8 Å². The van der Waals surface area contributed by atoms with Gasteiger partial charge in [0.25, 0.3) is 5.56 Å². The molecule has 154 valence electrons. The molecule has 1 saturated heterocycles. The number of thiophene rings is 1. The number of para-hydroxylation sites is 1. The Balaban J connectivity index is 1.90. The highest BCUT2D eigenvalue weighted by Crippen LogP contribution is 2.26. The topological polar surface area (TPSA) is 102 Å². The monoisotopic (exact) mass is 437 g/mol. The summed E-state index contributed by atoms with van der Waals surface area (Å²) in [7, 11) is -1.93. The molecule has 0 atom stereocenters. The van der Waals surface area contributed by atoms with Gasteiger partial charge >= 0.3 is 0 Å². The third-order valence-electron chi connectivity index (χ3n) is 4.95. The summed E-state index contributed by atoms with van der Waals surface area (Å²) in [4.78, 5) is 22.4. The summed E-state index contributed by atoms with van der Waals surface area (Å²) in [5.74, 6) is -0.197. The summed E-state index contributed by atoms with van der Waals surface area (Å²) in [5, 5.41) is 5.32. The fourth-order valence-corrected chi connectivity index (χ4v) is 5.09. The van der Waals surface area contributed by atoms with Crippen LogP contribution in [0.4, 0.5) is 4.39 Å². The van der Waals surface area contributed by atoms with Crippen molar-refractivity contribution in [3.8, 4) is 5.69 Å². The van der Waals surface area contributed by atoms with Crippen molar-refractivity contribution >= 4 is 31.6 Å². The third-order valence-corrected chi connectivity index (χ3v) is 7.40. The van der Waals surface area contributed by atoms with Gasteiger partial charge in [0.2, 0.25) is 10.0 Å². The molecule has 3 aromatic rings. The molecule has 1 aromatic carbocycles. The Morgan fingerprint density at radius 2 is 1.90 bits per heavy atom. The lowest BCUT2D eigenvalue weighted by Gasteiger charge is -2.32. The Labute approximate surface area is 171 Å². The first kappa shape index (κ1) is 20.1. The maximum atomic E-state index is 14.5. The highest BCUT2D eigenvalue weighted by molar-refractivity contribution is 7.91. The van der Waals surface area contributed by atoms with Crippen LogP contribution < -0.4 is 10.7 Å². The first-order valence-electron chi connectivity index (χ1n) is 8.98. The van der Waals surface area contributed by atoms with Gasteiger partial charge in [-0.1, -0.05) is 12.1 Å². The fraction of sp³-hybridized carbons (Fsp3) is 0.333. The van der Waals surface area contributed by atoms with E-state index in [-0.39, 0.29) is 20.1 Å². The summed E-state index contributed by atoms with van der Waals surface area (Å²) < 4.78 is 39.1. The number of aromatic nitrogens is 2. The standard InChI is InChI=1S/C18H20FN5O3S2/c1-22-6-8-23(9-7-22)11-15-21-17-12(10-16(28-17)29(20,26)27)18(25)24(15)14-5-3-2-4-13(14)19/h2-5,10H,6-9,11H2,1H3,(H2,20,26,27). The molecule has 8 nitrogen and oxygen atoms in total. The molecular formula is C18H20FN5O3S2. The van der Waals surface area contributed by atoms with Gasteiger partial charge in [0.15, 0.2) is 0 Å². The maximum Gasteiger partial charge on any atom is 0.267 e. The number of benzene rings is 1. The first-order valence-corrected chi connectivity index (χ1v) is 11.3. The van der Waals surface area contributed by atoms with Crippen LogP contribution in [-0.2, 0) is 16.6 Å². The van der Waals surface area contributed by atoms with Crippen molar-refractivity contribution in [1.29, 1.82) is 0 Å². The van der Waals surface area contributed by atoms with Crippen molar-refractivity contribution in [2.45, 2.75) is 10.8 Å². The number of halogens is 1. The molecule has 11 heteroatoms. The Morgan fingerprint density at radius 1 is 1.21 bits per heavy atom. The molecule has 0 amide bonds. The maximum absolute atomic E-state index is 14.5. The molecule has 1 aliphatic rings. The molecule has 4 rings (SSSR count). The third kappa shape index (κ3) is 3.96. The predicted octanol–water partition coefficient (Wildman–Crippen LogP) is 0.981. The largest absolute Gasteiger partial charge is 0.304 e. The van der Waals surface area contributed by atoms with E-state index in [1.807, 2.05) is 7.05 Å². The molecular weight excluding hydrogens is 417 g/mol. The molecule has 0 saturated carbocycles. The zero-order valence-electron chi connectivity index (χ0n) is 15.7. The van der Waals surface area contributed by atoms with Crippen LogP contribution in [0.25, 0.3) is 15.9 Å². The molecule has 1 fully saturated rings. The summed E-state index contributed by atoms with van der Waals surface area (Å²) in [5.41, 5.74) is -0.435. The molecule has 0 bridgehead atoms. The van der Waals surface area contributed by atoms with E-state index in [0.29, 0.717) is 12.4 Å². The Morgan fingerprint density at radius 3 is 2.55 bits per heavy atom. The van der Waals surface area contributed by atoms with E-state index >= 15 is 0 Å². The average molecular weight is 438 g/mol. The highest BCUT2D eigenvalue weighted by atomic mass is 32.2. The van der Waals surface area contributed by atoms with Gasteiger partial charge < -0.3 is 4.90 Å².